The van der Waals surface area contributed by atoms with Crippen molar-refractivity contribution in [2.24, 2.45) is 0 Å². The van der Waals surface area contributed by atoms with Crippen LogP contribution in [0.15, 0.2) is 65.7 Å². The van der Waals surface area contributed by atoms with E-state index >= 15 is 0 Å². The van der Waals surface area contributed by atoms with Gasteiger partial charge in [-0.05, 0) is 54.6 Å². The number of carbonyl (C=O) groups excluding carboxylic acids is 3. The van der Waals surface area contributed by atoms with Gasteiger partial charge in [0.1, 0.15) is 6.20 Å². The van der Waals surface area contributed by atoms with Crippen LogP contribution in [0.2, 0.25) is 0 Å². The highest BCUT2D eigenvalue weighted by atomic mass is 32.2. The third-order valence-electron chi connectivity index (χ3n) is 5.29. The summed E-state index contributed by atoms with van der Waals surface area (Å²) in [5.74, 6) is -0.522. The summed E-state index contributed by atoms with van der Waals surface area (Å²) in [6.07, 6.45) is 2.53. The smallest absolute Gasteiger partial charge is 0.293 e. The summed E-state index contributed by atoms with van der Waals surface area (Å²) < 4.78 is 11.3. The highest BCUT2D eigenvalue weighted by molar-refractivity contribution is 8.18. The Labute approximate surface area is 224 Å². The average Bonchev–Trinajstić information content (AvgIpc) is 3.17. The lowest BCUT2D eigenvalue weighted by molar-refractivity contribution is -0.385. The number of nitro groups is 2. The molecule has 3 aromatic rings. The standard InChI is InChI=1S/C25H18N4O9S/c1-2-37-21-11-15(3-9-20(21)38-23-10-8-18(13-26-23)29(35)36)12-22-24(31)27(25(32)39-22)14-19(30)16-4-6-17(7-5-16)28(33)34/h3-13H,2,14H2,1H3/b22-12-. The predicted molar refractivity (Wildman–Crippen MR) is 139 cm³/mol. The van der Waals surface area contributed by atoms with E-state index in [0.717, 1.165) is 11.1 Å². The van der Waals surface area contributed by atoms with E-state index in [0.29, 0.717) is 23.1 Å². The van der Waals surface area contributed by atoms with Gasteiger partial charge in [0.25, 0.3) is 22.5 Å². The number of nitrogens with zero attached hydrogens (tertiary/aromatic N) is 4. The number of ketones is 1. The van der Waals surface area contributed by atoms with E-state index in [-0.39, 0.29) is 40.1 Å². The zero-order valence-corrected chi connectivity index (χ0v) is 21.0. The molecule has 14 heteroatoms. The normalized spacial score (nSPS) is 14.0. The van der Waals surface area contributed by atoms with E-state index in [1.807, 2.05) is 0 Å². The van der Waals surface area contributed by atoms with Crippen molar-refractivity contribution < 1.29 is 33.7 Å². The quantitative estimate of drug-likeness (QED) is 0.144. The van der Waals surface area contributed by atoms with Gasteiger partial charge < -0.3 is 9.47 Å². The van der Waals surface area contributed by atoms with Crippen LogP contribution in [0.5, 0.6) is 17.4 Å². The maximum absolute atomic E-state index is 12.9. The van der Waals surface area contributed by atoms with Crippen LogP contribution in [0.1, 0.15) is 22.8 Å². The Kier molecular flexibility index (Phi) is 7.96. The second-order valence-electron chi connectivity index (χ2n) is 7.85. The van der Waals surface area contributed by atoms with Crippen molar-refractivity contribution >= 4 is 46.1 Å². The average molecular weight is 551 g/mol. The van der Waals surface area contributed by atoms with Gasteiger partial charge in [-0.3, -0.25) is 39.5 Å². The summed E-state index contributed by atoms with van der Waals surface area (Å²) in [5.41, 5.74) is 0.261. The fourth-order valence-electron chi connectivity index (χ4n) is 3.41. The number of nitro benzene ring substituents is 1. The molecule has 0 bridgehead atoms. The van der Waals surface area contributed by atoms with Crippen LogP contribution in [-0.2, 0) is 4.79 Å². The monoisotopic (exact) mass is 550 g/mol. The molecule has 0 spiro atoms. The van der Waals surface area contributed by atoms with E-state index in [9.17, 15) is 34.6 Å². The first-order valence-electron chi connectivity index (χ1n) is 11.2. The van der Waals surface area contributed by atoms with Crippen molar-refractivity contribution in [2.45, 2.75) is 6.92 Å². The Morgan fingerprint density at radius 2 is 1.69 bits per heavy atom. The molecule has 2 heterocycles. The Balaban J connectivity index is 1.50. The van der Waals surface area contributed by atoms with Crippen LogP contribution in [0.4, 0.5) is 16.2 Å². The van der Waals surface area contributed by atoms with Crippen LogP contribution in [-0.4, -0.2) is 49.8 Å². The number of hydrogen-bond acceptors (Lipinski definition) is 11. The van der Waals surface area contributed by atoms with E-state index in [1.54, 1.807) is 25.1 Å². The number of ether oxygens (including phenoxy) is 2. The molecule has 0 radical (unpaired) electrons. The Bertz CT molecular complexity index is 1500. The molecule has 1 aromatic heterocycles. The molecule has 39 heavy (non-hydrogen) atoms. The maximum atomic E-state index is 12.9. The number of thioether (sulfide) groups is 1. The molecule has 0 saturated carbocycles. The lowest BCUT2D eigenvalue weighted by Gasteiger charge is -2.12. The van der Waals surface area contributed by atoms with Gasteiger partial charge in [-0.2, -0.15) is 0 Å². The number of carbonyl (C=O) groups is 3. The zero-order chi connectivity index (χ0) is 28.1. The van der Waals surface area contributed by atoms with Crippen LogP contribution in [0.25, 0.3) is 6.08 Å². The molecule has 0 unspecified atom stereocenters. The van der Waals surface area contributed by atoms with Gasteiger partial charge >= 0.3 is 0 Å². The summed E-state index contributed by atoms with van der Waals surface area (Å²) in [6, 6.07) is 12.2. The van der Waals surface area contributed by atoms with Gasteiger partial charge in [0.05, 0.1) is 27.9 Å². The predicted octanol–water partition coefficient (Wildman–Crippen LogP) is 5.01. The second-order valence-corrected chi connectivity index (χ2v) is 8.84. The molecule has 0 atom stereocenters. The Morgan fingerprint density at radius 3 is 2.31 bits per heavy atom. The molecule has 198 valence electrons. The number of rotatable bonds is 10. The molecule has 1 saturated heterocycles. The molecule has 13 nitrogen and oxygen atoms in total. The molecule has 0 N–H and O–H groups in total. The molecule has 2 aromatic carbocycles. The number of benzene rings is 2. The van der Waals surface area contributed by atoms with Crippen molar-refractivity contribution in [1.82, 2.24) is 9.88 Å². The molecule has 2 amide bonds. The molecule has 1 fully saturated rings. The summed E-state index contributed by atoms with van der Waals surface area (Å²) in [7, 11) is 0. The minimum Gasteiger partial charge on any atom is -0.490 e. The number of hydrogen-bond donors (Lipinski definition) is 0. The Hall–Kier alpha value is -5.11. The van der Waals surface area contributed by atoms with Crippen molar-refractivity contribution in [1.29, 1.82) is 0 Å². The van der Waals surface area contributed by atoms with E-state index in [2.05, 4.69) is 4.98 Å². The van der Waals surface area contributed by atoms with E-state index < -0.39 is 33.3 Å². The zero-order valence-electron chi connectivity index (χ0n) is 20.1. The van der Waals surface area contributed by atoms with Crippen LogP contribution in [0.3, 0.4) is 0 Å². The molecular weight excluding hydrogens is 532 g/mol. The molecule has 1 aliphatic heterocycles. The third kappa shape index (κ3) is 6.24. The third-order valence-corrected chi connectivity index (χ3v) is 6.19. The first-order chi connectivity index (χ1) is 18.7. The van der Waals surface area contributed by atoms with Gasteiger partial charge in [0, 0.05) is 29.8 Å². The van der Waals surface area contributed by atoms with Gasteiger partial charge in [0.15, 0.2) is 17.3 Å². The van der Waals surface area contributed by atoms with Gasteiger partial charge in [0.2, 0.25) is 5.88 Å². The minimum atomic E-state index is -0.659. The highest BCUT2D eigenvalue weighted by Gasteiger charge is 2.36. The van der Waals surface area contributed by atoms with Gasteiger partial charge in [-0.1, -0.05) is 6.07 Å². The van der Waals surface area contributed by atoms with Crippen LogP contribution in [0, 0.1) is 20.2 Å². The topological polar surface area (TPSA) is 172 Å². The lowest BCUT2D eigenvalue weighted by Crippen LogP contribution is -2.33. The molecule has 1 aliphatic rings. The van der Waals surface area contributed by atoms with E-state index in [1.165, 1.54) is 42.5 Å². The van der Waals surface area contributed by atoms with Gasteiger partial charge in [-0.15, -0.1) is 0 Å². The fraction of sp³-hybridized carbons (Fsp3) is 0.120. The van der Waals surface area contributed by atoms with Crippen molar-refractivity contribution in [3.63, 3.8) is 0 Å². The first-order valence-corrected chi connectivity index (χ1v) is 12.1. The SMILES string of the molecule is CCOc1cc(/C=C2\SC(=O)N(CC(=O)c3ccc([N+](=O)[O-])cc3)C2=O)ccc1Oc1ccc([N+](=O)[O-])cn1. The number of amides is 2. The summed E-state index contributed by atoms with van der Waals surface area (Å²) in [4.78, 5) is 63.2. The maximum Gasteiger partial charge on any atom is 0.293 e. The first kappa shape index (κ1) is 26.9. The minimum absolute atomic E-state index is 0.0876. The number of aromatic nitrogens is 1. The highest BCUT2D eigenvalue weighted by Crippen LogP contribution is 2.36. The lowest BCUT2D eigenvalue weighted by atomic mass is 10.1. The van der Waals surface area contributed by atoms with Crippen LogP contribution >= 0.6 is 11.8 Å². The summed E-state index contributed by atoms with van der Waals surface area (Å²) >= 11 is 0.670. The molecule has 4 rings (SSSR count). The molecular formula is C25H18N4O9S. The van der Waals surface area contributed by atoms with Crippen molar-refractivity contribution in [3.05, 3.63) is 97.1 Å². The number of non-ortho nitro benzene ring substituents is 1. The van der Waals surface area contributed by atoms with Crippen molar-refractivity contribution in [2.75, 3.05) is 13.2 Å². The summed E-state index contributed by atoms with van der Waals surface area (Å²) in [6.45, 7) is 1.53. The number of pyridine rings is 1. The largest absolute Gasteiger partial charge is 0.490 e. The van der Waals surface area contributed by atoms with E-state index in [4.69, 9.17) is 9.47 Å². The van der Waals surface area contributed by atoms with Crippen LogP contribution < -0.4 is 9.47 Å². The summed E-state index contributed by atoms with van der Waals surface area (Å²) in [5, 5.41) is 21.0. The van der Waals surface area contributed by atoms with Crippen molar-refractivity contribution in [3.8, 4) is 17.4 Å². The number of Topliss-reactive ketones (excluding diaryl/α,β-unsaturated/α-hetero) is 1. The van der Waals surface area contributed by atoms with Gasteiger partial charge in [-0.25, -0.2) is 4.98 Å². The molecule has 0 aliphatic carbocycles. The number of imide groups is 1. The Morgan fingerprint density at radius 1 is 1.00 bits per heavy atom. The second kappa shape index (κ2) is 11.5. The fourth-order valence-corrected chi connectivity index (χ4v) is 4.25.